The first-order chi connectivity index (χ1) is 20.0. The number of halogens is 1. The molecule has 0 saturated carbocycles. The summed E-state index contributed by atoms with van der Waals surface area (Å²) < 4.78 is 20.1. The SMILES string of the molecule is Cc1cc(C(=O)NC2CN3CCC2CC3)cnc1-c1cc2nccc(-c3ccc(N4CC[C@H](F)C4)c(C#N)c3)c2o1. The van der Waals surface area contributed by atoms with Gasteiger partial charge in [0, 0.05) is 49.7 Å². The third kappa shape index (κ3) is 4.72. The van der Waals surface area contributed by atoms with E-state index in [2.05, 4.69) is 26.3 Å². The first-order valence-electron chi connectivity index (χ1n) is 14.3. The summed E-state index contributed by atoms with van der Waals surface area (Å²) in [4.78, 5) is 26.5. The molecule has 1 aromatic carbocycles. The van der Waals surface area contributed by atoms with E-state index in [1.165, 1.54) is 0 Å². The van der Waals surface area contributed by atoms with Crippen molar-refractivity contribution in [2.45, 2.75) is 38.4 Å². The Morgan fingerprint density at radius 1 is 1.10 bits per heavy atom. The number of fused-ring (bicyclic) bond motifs is 4. The van der Waals surface area contributed by atoms with Crippen molar-refractivity contribution in [2.75, 3.05) is 37.6 Å². The van der Waals surface area contributed by atoms with E-state index in [1.54, 1.807) is 12.4 Å². The molecule has 0 spiro atoms. The summed E-state index contributed by atoms with van der Waals surface area (Å²) in [5.41, 5.74) is 6.16. The summed E-state index contributed by atoms with van der Waals surface area (Å²) in [6.07, 6.45) is 5.22. The number of aryl methyl sites for hydroxylation is 1. The average molecular weight is 551 g/mol. The highest BCUT2D eigenvalue weighted by molar-refractivity contribution is 5.95. The molecular formula is C32H31FN6O2. The highest BCUT2D eigenvalue weighted by Gasteiger charge is 2.35. The van der Waals surface area contributed by atoms with E-state index in [-0.39, 0.29) is 11.9 Å². The quantitative estimate of drug-likeness (QED) is 0.369. The zero-order chi connectivity index (χ0) is 28.1. The molecule has 2 atom stereocenters. The molecule has 1 N–H and O–H groups in total. The van der Waals surface area contributed by atoms with Gasteiger partial charge in [-0.15, -0.1) is 0 Å². The minimum atomic E-state index is -0.867. The standard InChI is InChI=1S/C32H31FN6O2/c1-19-12-23(32(40)37-27-18-38-9-5-20(27)6-10-38)16-36-30(19)29-14-26-31(41-29)25(4-8-35-26)21-2-3-28(22(13-21)15-34)39-11-7-24(33)17-39/h2-4,8,12-14,16,20,24,27H,5-7,9-11,17-18H2,1H3,(H,37,40)/t24-,27?/m0/s1. The maximum Gasteiger partial charge on any atom is 0.253 e. The lowest BCUT2D eigenvalue weighted by Gasteiger charge is -2.44. The molecule has 4 fully saturated rings. The molecule has 3 aromatic heterocycles. The minimum absolute atomic E-state index is 0.0906. The van der Waals surface area contributed by atoms with Gasteiger partial charge < -0.3 is 19.5 Å². The summed E-state index contributed by atoms with van der Waals surface area (Å²) >= 11 is 0. The molecule has 8 nitrogen and oxygen atoms in total. The van der Waals surface area contributed by atoms with Gasteiger partial charge in [-0.25, -0.2) is 4.39 Å². The largest absolute Gasteiger partial charge is 0.452 e. The van der Waals surface area contributed by atoms with Crippen LogP contribution in [0.2, 0.25) is 0 Å². The summed E-state index contributed by atoms with van der Waals surface area (Å²) in [6, 6.07) is 13.7. The number of alkyl halides is 1. The lowest BCUT2D eigenvalue weighted by Crippen LogP contribution is -2.57. The van der Waals surface area contributed by atoms with Crippen molar-refractivity contribution >= 4 is 22.7 Å². The normalized spacial score (nSPS) is 23.6. The van der Waals surface area contributed by atoms with Gasteiger partial charge in [-0.2, -0.15) is 5.26 Å². The number of rotatable bonds is 5. The number of hydrogen-bond acceptors (Lipinski definition) is 7. The predicted octanol–water partition coefficient (Wildman–Crippen LogP) is 5.11. The number of nitriles is 1. The fraction of sp³-hybridized carbons (Fsp3) is 0.375. The van der Waals surface area contributed by atoms with Gasteiger partial charge in [0.2, 0.25) is 0 Å². The maximum absolute atomic E-state index is 13.8. The number of anilines is 1. The Morgan fingerprint density at radius 2 is 1.95 bits per heavy atom. The van der Waals surface area contributed by atoms with Crippen molar-refractivity contribution in [1.82, 2.24) is 20.2 Å². The fourth-order valence-corrected chi connectivity index (χ4v) is 6.62. The first-order valence-corrected chi connectivity index (χ1v) is 14.3. The molecule has 7 heterocycles. The Kier molecular flexibility index (Phi) is 6.43. The van der Waals surface area contributed by atoms with Gasteiger partial charge in [-0.05, 0) is 80.6 Å². The van der Waals surface area contributed by atoms with Crippen molar-refractivity contribution < 1.29 is 13.6 Å². The topological polar surface area (TPSA) is 98.3 Å². The fourth-order valence-electron chi connectivity index (χ4n) is 6.62. The van der Waals surface area contributed by atoms with Gasteiger partial charge in [0.1, 0.15) is 23.5 Å². The Balaban J connectivity index is 1.16. The summed E-state index contributed by atoms with van der Waals surface area (Å²) in [6.45, 7) is 6.01. The number of furan rings is 1. The van der Waals surface area contributed by atoms with Crippen molar-refractivity contribution in [1.29, 1.82) is 5.26 Å². The third-order valence-corrected chi connectivity index (χ3v) is 8.86. The van der Waals surface area contributed by atoms with E-state index < -0.39 is 6.17 Å². The van der Waals surface area contributed by atoms with Gasteiger partial charge in [0.25, 0.3) is 5.91 Å². The number of nitrogens with one attached hydrogen (secondary N) is 1. The predicted molar refractivity (Wildman–Crippen MR) is 154 cm³/mol. The Labute approximate surface area is 237 Å². The van der Waals surface area contributed by atoms with E-state index >= 15 is 0 Å². The van der Waals surface area contributed by atoms with E-state index in [1.807, 2.05) is 48.2 Å². The molecule has 4 saturated heterocycles. The third-order valence-electron chi connectivity index (χ3n) is 8.86. The van der Waals surface area contributed by atoms with E-state index in [0.29, 0.717) is 59.1 Å². The number of aromatic nitrogens is 2. The number of amides is 1. The highest BCUT2D eigenvalue weighted by Crippen LogP contribution is 2.36. The molecule has 4 aliphatic heterocycles. The lowest BCUT2D eigenvalue weighted by atomic mass is 9.84. The van der Waals surface area contributed by atoms with Crippen LogP contribution in [0.25, 0.3) is 33.7 Å². The number of carbonyl (C=O) groups is 1. The Bertz CT molecular complexity index is 1690. The maximum atomic E-state index is 13.8. The van der Waals surface area contributed by atoms with Crippen molar-refractivity contribution in [2.24, 2.45) is 5.92 Å². The number of nitrogens with zero attached hydrogens (tertiary/aromatic N) is 5. The van der Waals surface area contributed by atoms with E-state index in [9.17, 15) is 14.4 Å². The van der Waals surface area contributed by atoms with Crippen molar-refractivity contribution in [3.63, 3.8) is 0 Å². The molecule has 9 heteroatoms. The highest BCUT2D eigenvalue weighted by atomic mass is 19.1. The van der Waals surface area contributed by atoms with E-state index in [0.717, 1.165) is 54.9 Å². The number of piperidine rings is 3. The Morgan fingerprint density at radius 3 is 2.66 bits per heavy atom. The molecule has 41 heavy (non-hydrogen) atoms. The molecule has 0 aliphatic carbocycles. The summed E-state index contributed by atoms with van der Waals surface area (Å²) in [5, 5.41) is 13.1. The van der Waals surface area contributed by atoms with Gasteiger partial charge in [0.15, 0.2) is 11.3 Å². The van der Waals surface area contributed by atoms with Crippen LogP contribution in [0.4, 0.5) is 10.1 Å². The average Bonchev–Trinajstić information content (AvgIpc) is 3.63. The first kappa shape index (κ1) is 25.7. The van der Waals surface area contributed by atoms with Crippen LogP contribution in [-0.4, -0.2) is 65.7 Å². The number of carbonyl (C=O) groups excluding carboxylic acids is 1. The molecule has 1 unspecified atom stereocenters. The molecule has 4 aliphatic rings. The van der Waals surface area contributed by atoms with Crippen LogP contribution in [-0.2, 0) is 0 Å². The van der Waals surface area contributed by atoms with Crippen molar-refractivity contribution in [3.8, 4) is 28.7 Å². The van der Waals surface area contributed by atoms with Crippen LogP contribution < -0.4 is 10.2 Å². The smallest absolute Gasteiger partial charge is 0.253 e. The van der Waals surface area contributed by atoms with Crippen LogP contribution in [0.15, 0.2) is 53.2 Å². The van der Waals surface area contributed by atoms with Gasteiger partial charge in [-0.3, -0.25) is 14.8 Å². The Hall–Kier alpha value is -4.29. The molecule has 0 radical (unpaired) electrons. The van der Waals surface area contributed by atoms with Gasteiger partial charge >= 0.3 is 0 Å². The van der Waals surface area contributed by atoms with Crippen LogP contribution in [0.3, 0.4) is 0 Å². The lowest BCUT2D eigenvalue weighted by molar-refractivity contribution is 0.0620. The monoisotopic (exact) mass is 550 g/mol. The number of hydrogen-bond donors (Lipinski definition) is 1. The second-order valence-corrected chi connectivity index (χ2v) is 11.5. The molecular weight excluding hydrogens is 519 g/mol. The summed E-state index contributed by atoms with van der Waals surface area (Å²) in [7, 11) is 0. The van der Waals surface area contributed by atoms with Crippen LogP contribution >= 0.6 is 0 Å². The second-order valence-electron chi connectivity index (χ2n) is 11.5. The minimum Gasteiger partial charge on any atom is -0.452 e. The van der Waals surface area contributed by atoms with Crippen LogP contribution in [0.5, 0.6) is 0 Å². The van der Waals surface area contributed by atoms with Gasteiger partial charge in [-0.1, -0.05) is 6.07 Å². The number of benzene rings is 1. The van der Waals surface area contributed by atoms with Gasteiger partial charge in [0.05, 0.1) is 16.8 Å². The number of pyridine rings is 2. The van der Waals surface area contributed by atoms with Crippen LogP contribution in [0, 0.1) is 24.2 Å². The molecule has 8 rings (SSSR count). The zero-order valence-electron chi connectivity index (χ0n) is 22.9. The zero-order valence-corrected chi connectivity index (χ0v) is 22.9. The molecule has 4 aromatic rings. The van der Waals surface area contributed by atoms with Crippen molar-refractivity contribution in [3.05, 3.63) is 65.5 Å². The van der Waals surface area contributed by atoms with Crippen LogP contribution in [0.1, 0.15) is 40.7 Å². The second kappa shape index (κ2) is 10.3. The molecule has 1 amide bonds. The molecule has 2 bridgehead atoms. The van der Waals surface area contributed by atoms with E-state index in [4.69, 9.17) is 4.42 Å². The molecule has 208 valence electrons. The summed E-state index contributed by atoms with van der Waals surface area (Å²) in [5.74, 6) is 1.02.